The number of aliphatic hydroxyl groups is 1. The molecule has 2 heterocycles. The van der Waals surface area contributed by atoms with Crippen LogP contribution in [-0.4, -0.2) is 71.2 Å². The number of rotatable bonds is 10. The molecule has 1 saturated heterocycles. The lowest BCUT2D eigenvalue weighted by Crippen LogP contribution is -2.48. The van der Waals surface area contributed by atoms with Gasteiger partial charge in [0, 0.05) is 39.3 Å². The Hall–Kier alpha value is -1.44. The summed E-state index contributed by atoms with van der Waals surface area (Å²) in [7, 11) is 0. The van der Waals surface area contributed by atoms with Gasteiger partial charge in [0.05, 0.1) is 12.6 Å². The van der Waals surface area contributed by atoms with E-state index in [4.69, 9.17) is 4.42 Å². The Labute approximate surface area is 155 Å². The molecule has 26 heavy (non-hydrogen) atoms. The zero-order chi connectivity index (χ0) is 18.4. The first-order chi connectivity index (χ1) is 12.6. The van der Waals surface area contributed by atoms with Gasteiger partial charge in [-0.05, 0) is 25.2 Å². The van der Waals surface area contributed by atoms with Gasteiger partial charge in [0.2, 0.25) is 5.89 Å². The Morgan fingerprint density at radius 2 is 2.08 bits per heavy atom. The number of amides is 1. The number of hydrogen-bond donors (Lipinski definition) is 2. The summed E-state index contributed by atoms with van der Waals surface area (Å²) < 4.78 is 5.48. The molecule has 1 aliphatic carbocycles. The van der Waals surface area contributed by atoms with Crippen molar-refractivity contribution in [1.29, 1.82) is 0 Å². The van der Waals surface area contributed by atoms with E-state index in [1.54, 1.807) is 0 Å². The maximum absolute atomic E-state index is 12.0. The highest BCUT2D eigenvalue weighted by atomic mass is 16.3. The molecule has 1 amide bonds. The normalized spacial score (nSPS) is 20.2. The molecule has 1 atom stereocenters. The van der Waals surface area contributed by atoms with Crippen LogP contribution in [0.5, 0.6) is 0 Å². The smallest absolute Gasteiger partial charge is 0.273 e. The third-order valence-corrected chi connectivity index (χ3v) is 5.22. The van der Waals surface area contributed by atoms with Crippen LogP contribution in [-0.2, 0) is 6.54 Å². The van der Waals surface area contributed by atoms with E-state index in [1.807, 2.05) is 0 Å². The average molecular weight is 364 g/mol. The lowest BCUT2D eigenvalue weighted by molar-refractivity contribution is 0.0627. The summed E-state index contributed by atoms with van der Waals surface area (Å²) in [4.78, 5) is 21.0. The number of aromatic nitrogens is 1. The number of carbonyl (C=O) groups excluding carboxylic acids is 1. The molecule has 1 aromatic heterocycles. The van der Waals surface area contributed by atoms with Crippen LogP contribution in [0.3, 0.4) is 0 Å². The van der Waals surface area contributed by atoms with E-state index in [-0.39, 0.29) is 12.0 Å². The summed E-state index contributed by atoms with van der Waals surface area (Å²) >= 11 is 0. The van der Waals surface area contributed by atoms with Gasteiger partial charge in [0.25, 0.3) is 5.91 Å². The van der Waals surface area contributed by atoms with Gasteiger partial charge in [0.15, 0.2) is 5.69 Å². The van der Waals surface area contributed by atoms with Crippen LogP contribution in [0.4, 0.5) is 0 Å². The summed E-state index contributed by atoms with van der Waals surface area (Å²) in [6.07, 6.45) is 6.77. The molecule has 0 aromatic carbocycles. The molecule has 1 aromatic rings. The molecular formula is C19H32N4O3. The number of β-amino-alcohol motifs (C(OH)–C–C–N with tert-alkyl or cyclic N) is 1. The molecule has 146 valence electrons. The topological polar surface area (TPSA) is 81.8 Å². The van der Waals surface area contributed by atoms with Crippen molar-refractivity contribution in [2.75, 3.05) is 39.3 Å². The zero-order valence-corrected chi connectivity index (χ0v) is 15.8. The number of hydrogen-bond acceptors (Lipinski definition) is 6. The lowest BCUT2D eigenvalue weighted by Gasteiger charge is -2.35. The highest BCUT2D eigenvalue weighted by molar-refractivity contribution is 5.91. The Bertz CT molecular complexity index is 565. The molecule has 0 spiro atoms. The van der Waals surface area contributed by atoms with Crippen molar-refractivity contribution < 1.29 is 14.3 Å². The molecule has 2 fully saturated rings. The summed E-state index contributed by atoms with van der Waals surface area (Å²) in [5, 5.41) is 13.0. The molecule has 3 rings (SSSR count). The average Bonchev–Trinajstić information content (AvgIpc) is 3.36. The van der Waals surface area contributed by atoms with Crippen LogP contribution in [0.2, 0.25) is 0 Å². The van der Waals surface area contributed by atoms with Crippen molar-refractivity contribution in [2.24, 2.45) is 5.92 Å². The van der Waals surface area contributed by atoms with E-state index in [1.165, 1.54) is 19.1 Å². The third kappa shape index (κ3) is 6.07. The predicted octanol–water partition coefficient (Wildman–Crippen LogP) is 1.48. The minimum absolute atomic E-state index is 0.141. The third-order valence-electron chi connectivity index (χ3n) is 5.22. The van der Waals surface area contributed by atoms with E-state index in [0.29, 0.717) is 24.0 Å². The minimum Gasteiger partial charge on any atom is -0.447 e. The predicted molar refractivity (Wildman–Crippen MR) is 98.8 cm³/mol. The van der Waals surface area contributed by atoms with Gasteiger partial charge >= 0.3 is 0 Å². The fourth-order valence-electron chi connectivity index (χ4n) is 3.29. The van der Waals surface area contributed by atoms with Gasteiger partial charge in [-0.1, -0.05) is 19.8 Å². The van der Waals surface area contributed by atoms with Gasteiger partial charge in [-0.25, -0.2) is 4.98 Å². The van der Waals surface area contributed by atoms with E-state index < -0.39 is 0 Å². The van der Waals surface area contributed by atoms with Crippen molar-refractivity contribution in [3.63, 3.8) is 0 Å². The maximum Gasteiger partial charge on any atom is 0.273 e. The van der Waals surface area contributed by atoms with Crippen LogP contribution < -0.4 is 5.32 Å². The number of nitrogens with one attached hydrogen (secondary N) is 1. The first-order valence-corrected chi connectivity index (χ1v) is 9.99. The van der Waals surface area contributed by atoms with E-state index in [9.17, 15) is 9.90 Å². The van der Waals surface area contributed by atoms with Crippen LogP contribution in [0.1, 0.15) is 55.4 Å². The first kappa shape index (κ1) is 19.3. The van der Waals surface area contributed by atoms with Crippen LogP contribution in [0.15, 0.2) is 10.7 Å². The molecule has 0 bridgehead atoms. The van der Waals surface area contributed by atoms with Crippen molar-refractivity contribution in [2.45, 2.75) is 51.7 Å². The second-order valence-corrected chi connectivity index (χ2v) is 7.65. The van der Waals surface area contributed by atoms with E-state index >= 15 is 0 Å². The van der Waals surface area contributed by atoms with Gasteiger partial charge < -0.3 is 14.8 Å². The number of carbonyl (C=O) groups is 1. The molecule has 1 saturated carbocycles. The lowest BCUT2D eigenvalue weighted by atomic mass is 10.1. The fraction of sp³-hybridized carbons (Fsp3) is 0.789. The molecule has 0 radical (unpaired) electrons. The maximum atomic E-state index is 12.0. The van der Waals surface area contributed by atoms with Crippen LogP contribution in [0.25, 0.3) is 0 Å². The van der Waals surface area contributed by atoms with Crippen molar-refractivity contribution in [3.05, 3.63) is 17.8 Å². The minimum atomic E-state index is -0.218. The molecule has 7 nitrogen and oxygen atoms in total. The quantitative estimate of drug-likeness (QED) is 0.654. The highest BCUT2D eigenvalue weighted by Crippen LogP contribution is 2.27. The Kier molecular flexibility index (Phi) is 7.05. The molecule has 2 aliphatic rings. The van der Waals surface area contributed by atoms with E-state index in [0.717, 1.165) is 58.5 Å². The molecule has 0 unspecified atom stereocenters. The Balaban J connectivity index is 1.37. The summed E-state index contributed by atoms with van der Waals surface area (Å²) in [5.74, 6) is 1.11. The van der Waals surface area contributed by atoms with E-state index in [2.05, 4.69) is 27.0 Å². The van der Waals surface area contributed by atoms with Gasteiger partial charge in [-0.3, -0.25) is 14.6 Å². The number of oxazole rings is 1. The van der Waals surface area contributed by atoms with Crippen LogP contribution >= 0.6 is 0 Å². The summed E-state index contributed by atoms with van der Waals surface area (Å²) in [6.45, 7) is 8.01. The molecular weight excluding hydrogens is 332 g/mol. The number of aliphatic hydroxyl groups excluding tert-OH is 1. The molecule has 7 heteroatoms. The fourth-order valence-corrected chi connectivity index (χ4v) is 3.29. The second-order valence-electron chi connectivity index (χ2n) is 7.65. The molecule has 1 aliphatic heterocycles. The Morgan fingerprint density at radius 1 is 1.35 bits per heavy atom. The first-order valence-electron chi connectivity index (χ1n) is 9.99. The standard InChI is InChI=1S/C19H32N4O3/c1-2-3-4-16(24)12-22-7-9-23(10-8-22)13-18-21-17(14-26-18)19(25)20-11-15-5-6-15/h14-16,24H,2-13H2,1H3,(H,20,25)/t16-/m1/s1. The monoisotopic (exact) mass is 364 g/mol. The second kappa shape index (κ2) is 9.48. The summed E-state index contributed by atoms with van der Waals surface area (Å²) in [5.41, 5.74) is 0.373. The zero-order valence-electron chi connectivity index (χ0n) is 15.8. The number of piperazine rings is 1. The Morgan fingerprint density at radius 3 is 2.77 bits per heavy atom. The van der Waals surface area contributed by atoms with Crippen LogP contribution in [0, 0.1) is 5.92 Å². The van der Waals surface area contributed by atoms with Crippen molar-refractivity contribution >= 4 is 5.91 Å². The van der Waals surface area contributed by atoms with Crippen molar-refractivity contribution in [1.82, 2.24) is 20.1 Å². The summed E-state index contributed by atoms with van der Waals surface area (Å²) in [6, 6.07) is 0. The largest absolute Gasteiger partial charge is 0.447 e. The van der Waals surface area contributed by atoms with Crippen molar-refractivity contribution in [3.8, 4) is 0 Å². The van der Waals surface area contributed by atoms with Gasteiger partial charge in [0.1, 0.15) is 6.26 Å². The number of nitrogens with zero attached hydrogens (tertiary/aromatic N) is 3. The van der Waals surface area contributed by atoms with Gasteiger partial charge in [-0.15, -0.1) is 0 Å². The number of unbranched alkanes of at least 4 members (excludes halogenated alkanes) is 1. The highest BCUT2D eigenvalue weighted by Gasteiger charge is 2.24. The SMILES string of the molecule is CCCC[C@@H](O)CN1CCN(Cc2nc(C(=O)NCC3CC3)co2)CC1. The molecule has 2 N–H and O–H groups in total. The van der Waals surface area contributed by atoms with Gasteiger partial charge in [-0.2, -0.15) is 0 Å².